The molecule has 1 fully saturated rings. The van der Waals surface area contributed by atoms with Crippen molar-refractivity contribution in [3.63, 3.8) is 0 Å². The van der Waals surface area contributed by atoms with E-state index in [-0.39, 0.29) is 24.1 Å². The molecule has 38 heavy (non-hydrogen) atoms. The molecule has 1 atom stereocenters. The van der Waals surface area contributed by atoms with Crippen LogP contribution in [-0.2, 0) is 6.18 Å². The highest BCUT2D eigenvalue weighted by Gasteiger charge is 2.35. The molecule has 2 aliphatic heterocycles. The number of aromatic hydroxyl groups is 1. The normalized spacial score (nSPS) is 17.4. The zero-order valence-electron chi connectivity index (χ0n) is 20.2. The maximum atomic E-state index is 13.5. The minimum Gasteiger partial charge on any atom is -0.508 e. The van der Waals surface area contributed by atoms with Crippen LogP contribution in [-0.4, -0.2) is 47.9 Å². The summed E-state index contributed by atoms with van der Waals surface area (Å²) in [6.07, 6.45) is -3.60. The number of fused-ring (bicyclic) bond motifs is 5. The number of ether oxygens (including phenoxy) is 2. The number of alkyl halides is 4. The van der Waals surface area contributed by atoms with Crippen molar-refractivity contribution in [1.82, 2.24) is 9.88 Å². The van der Waals surface area contributed by atoms with Crippen molar-refractivity contribution in [3.8, 4) is 28.4 Å². The van der Waals surface area contributed by atoms with Gasteiger partial charge in [0.25, 0.3) is 0 Å². The zero-order valence-corrected chi connectivity index (χ0v) is 20.2. The van der Waals surface area contributed by atoms with E-state index in [1.165, 1.54) is 6.07 Å². The number of aromatic nitrogens is 1. The fourth-order valence-electron chi connectivity index (χ4n) is 5.13. The van der Waals surface area contributed by atoms with Crippen molar-refractivity contribution in [1.29, 1.82) is 0 Å². The number of likely N-dealkylation sites (tertiary alicyclic amines) is 1. The fraction of sp³-hybridized carbons (Fsp3) is 0.276. The van der Waals surface area contributed by atoms with E-state index in [1.54, 1.807) is 36.5 Å². The Morgan fingerprint density at radius 3 is 2.53 bits per heavy atom. The molecule has 1 saturated heterocycles. The molecule has 9 heteroatoms. The van der Waals surface area contributed by atoms with Gasteiger partial charge in [-0.1, -0.05) is 12.1 Å². The van der Waals surface area contributed by atoms with Crippen molar-refractivity contribution < 1.29 is 32.1 Å². The van der Waals surface area contributed by atoms with Crippen molar-refractivity contribution in [2.24, 2.45) is 5.92 Å². The Morgan fingerprint density at radius 1 is 1.00 bits per heavy atom. The maximum absolute atomic E-state index is 13.5. The van der Waals surface area contributed by atoms with Crippen molar-refractivity contribution >= 4 is 10.9 Å². The molecule has 1 N–H and O–H groups in total. The minimum atomic E-state index is -4.50. The van der Waals surface area contributed by atoms with Crippen LogP contribution in [0.5, 0.6) is 17.2 Å². The summed E-state index contributed by atoms with van der Waals surface area (Å²) in [5.74, 6) is 0.962. The lowest BCUT2D eigenvalue weighted by atomic mass is 9.87. The average Bonchev–Trinajstić information content (AvgIpc) is 2.88. The zero-order chi connectivity index (χ0) is 26.4. The van der Waals surface area contributed by atoms with Gasteiger partial charge in [0.15, 0.2) is 6.10 Å². The van der Waals surface area contributed by atoms with E-state index >= 15 is 0 Å². The summed E-state index contributed by atoms with van der Waals surface area (Å²) < 4.78 is 65.1. The lowest BCUT2D eigenvalue weighted by Gasteiger charge is -2.37. The molecule has 3 heterocycles. The standard InChI is InChI=1S/C29H24F4N2O3/c30-13-17-15-35(16-17)9-10-37-21-5-1-18(2-6-21)28-27-23-8-4-20(36)12-25(23)34-14-24(27)22-7-3-19(29(31,32)33)11-26(22)38-28/h1-8,11-12,14,17,28,36H,9-10,13,15-16H2/t28-/m1/s1. The van der Waals surface area contributed by atoms with Crippen LogP contribution < -0.4 is 9.47 Å². The van der Waals surface area contributed by atoms with Gasteiger partial charge in [-0.05, 0) is 48.0 Å². The SMILES string of the molecule is Oc1ccc2c3c(cnc2c1)-c1ccc(C(F)(F)F)cc1O[C@@H]3c1ccc(OCCN2CC(CF)C2)cc1. The Labute approximate surface area is 216 Å². The Morgan fingerprint density at radius 2 is 1.79 bits per heavy atom. The van der Waals surface area contributed by atoms with Crippen LogP contribution in [0, 0.1) is 5.92 Å². The van der Waals surface area contributed by atoms with E-state index in [4.69, 9.17) is 9.47 Å². The lowest BCUT2D eigenvalue weighted by molar-refractivity contribution is -0.137. The first kappa shape index (κ1) is 24.5. The van der Waals surface area contributed by atoms with Crippen LogP contribution >= 0.6 is 0 Å². The summed E-state index contributed by atoms with van der Waals surface area (Å²) in [7, 11) is 0. The molecule has 0 aliphatic carbocycles. The Hall–Kier alpha value is -3.85. The third-order valence-electron chi connectivity index (χ3n) is 7.11. The number of phenols is 1. The van der Waals surface area contributed by atoms with Gasteiger partial charge < -0.3 is 14.6 Å². The molecule has 5 nitrogen and oxygen atoms in total. The van der Waals surface area contributed by atoms with Gasteiger partial charge in [0.05, 0.1) is 17.8 Å². The van der Waals surface area contributed by atoms with Crippen LogP contribution in [0.2, 0.25) is 0 Å². The second-order valence-corrected chi connectivity index (χ2v) is 9.69. The molecule has 3 aromatic carbocycles. The van der Waals surface area contributed by atoms with E-state index in [0.29, 0.717) is 35.5 Å². The molecule has 0 spiro atoms. The molecule has 4 aromatic rings. The summed E-state index contributed by atoms with van der Waals surface area (Å²) >= 11 is 0. The molecule has 0 amide bonds. The highest BCUT2D eigenvalue weighted by atomic mass is 19.4. The first-order valence-corrected chi connectivity index (χ1v) is 12.3. The van der Waals surface area contributed by atoms with Gasteiger partial charge >= 0.3 is 6.18 Å². The van der Waals surface area contributed by atoms with Crippen LogP contribution in [0.4, 0.5) is 17.6 Å². The second-order valence-electron chi connectivity index (χ2n) is 9.69. The molecule has 0 radical (unpaired) electrons. The first-order valence-electron chi connectivity index (χ1n) is 12.3. The number of hydrogen-bond acceptors (Lipinski definition) is 5. The number of phenolic OH excluding ortho intramolecular Hbond substituents is 1. The van der Waals surface area contributed by atoms with Gasteiger partial charge in [0.2, 0.25) is 0 Å². The molecule has 0 saturated carbocycles. The van der Waals surface area contributed by atoms with Gasteiger partial charge in [-0.2, -0.15) is 13.2 Å². The predicted molar refractivity (Wildman–Crippen MR) is 134 cm³/mol. The van der Waals surface area contributed by atoms with Gasteiger partial charge in [0.1, 0.15) is 23.9 Å². The molecule has 196 valence electrons. The van der Waals surface area contributed by atoms with Crippen LogP contribution in [0.3, 0.4) is 0 Å². The smallest absolute Gasteiger partial charge is 0.416 e. The number of benzene rings is 3. The van der Waals surface area contributed by atoms with Crippen LogP contribution in [0.25, 0.3) is 22.0 Å². The second kappa shape index (κ2) is 9.47. The minimum absolute atomic E-state index is 0.0633. The molecule has 1 aromatic heterocycles. The van der Waals surface area contributed by atoms with Crippen LogP contribution in [0.15, 0.2) is 66.9 Å². The van der Waals surface area contributed by atoms with Crippen LogP contribution in [0.1, 0.15) is 22.8 Å². The summed E-state index contributed by atoms with van der Waals surface area (Å²) in [4.78, 5) is 6.59. The van der Waals surface area contributed by atoms with Gasteiger partial charge in [-0.25, -0.2) is 0 Å². The molecule has 0 unspecified atom stereocenters. The van der Waals surface area contributed by atoms with E-state index in [9.17, 15) is 22.7 Å². The summed E-state index contributed by atoms with van der Waals surface area (Å²) in [6, 6.07) is 15.6. The monoisotopic (exact) mass is 524 g/mol. The molecular formula is C29H24F4N2O3. The number of rotatable bonds is 6. The number of hydrogen-bond donors (Lipinski definition) is 1. The van der Waals surface area contributed by atoms with Gasteiger partial charge in [-0.3, -0.25) is 14.3 Å². The quantitative estimate of drug-likeness (QED) is 0.297. The Kier molecular flexibility index (Phi) is 6.10. The van der Waals surface area contributed by atoms with E-state index in [1.807, 2.05) is 12.1 Å². The largest absolute Gasteiger partial charge is 0.508 e. The number of halogens is 4. The highest BCUT2D eigenvalue weighted by molar-refractivity contribution is 5.92. The predicted octanol–water partition coefficient (Wildman–Crippen LogP) is 6.39. The maximum Gasteiger partial charge on any atom is 0.416 e. The summed E-state index contributed by atoms with van der Waals surface area (Å²) in [6.45, 7) is 2.38. The molecule has 6 rings (SSSR count). The summed E-state index contributed by atoms with van der Waals surface area (Å²) in [5, 5.41) is 10.7. The van der Waals surface area contributed by atoms with E-state index < -0.39 is 17.8 Å². The number of nitrogens with zero attached hydrogens (tertiary/aromatic N) is 2. The highest BCUT2D eigenvalue weighted by Crippen LogP contribution is 2.48. The van der Waals surface area contributed by atoms with E-state index in [2.05, 4.69) is 9.88 Å². The fourth-order valence-corrected chi connectivity index (χ4v) is 5.13. The van der Waals surface area contributed by atoms with Crippen molar-refractivity contribution in [2.45, 2.75) is 12.3 Å². The van der Waals surface area contributed by atoms with Crippen molar-refractivity contribution in [2.75, 3.05) is 32.9 Å². The first-order chi connectivity index (χ1) is 18.3. The lowest BCUT2D eigenvalue weighted by Crippen LogP contribution is -2.49. The molecular weight excluding hydrogens is 500 g/mol. The van der Waals surface area contributed by atoms with Gasteiger partial charge in [0, 0.05) is 59.9 Å². The summed E-state index contributed by atoms with van der Waals surface area (Å²) in [5.41, 5.74) is 2.44. The number of pyridine rings is 1. The average molecular weight is 525 g/mol. The third-order valence-corrected chi connectivity index (χ3v) is 7.11. The Bertz CT molecular complexity index is 1480. The van der Waals surface area contributed by atoms with Gasteiger partial charge in [-0.15, -0.1) is 0 Å². The Balaban J connectivity index is 1.32. The van der Waals surface area contributed by atoms with E-state index in [0.717, 1.165) is 41.7 Å². The topological polar surface area (TPSA) is 54.8 Å². The molecule has 2 aliphatic rings. The third kappa shape index (κ3) is 4.51. The van der Waals surface area contributed by atoms with Crippen molar-refractivity contribution in [3.05, 3.63) is 83.6 Å². The molecule has 0 bridgehead atoms.